The molecule has 0 aliphatic heterocycles. The third kappa shape index (κ3) is 6.41. The number of carboxylic acid groups (broad SMARTS) is 1. The maximum absolute atomic E-state index is 11.9. The molecule has 114 valence electrons. The van der Waals surface area contributed by atoms with Gasteiger partial charge in [0, 0.05) is 0 Å². The fourth-order valence-electron chi connectivity index (χ4n) is 1.44. The SMILES string of the molecule is CC(C)[C@H](NC(=O)[C@H](CC(=O)O)NC(=O)CS)C(N)=O. The van der Waals surface area contributed by atoms with E-state index in [2.05, 4.69) is 23.3 Å². The molecule has 8 nitrogen and oxygen atoms in total. The van der Waals surface area contributed by atoms with Crippen molar-refractivity contribution < 1.29 is 24.3 Å². The van der Waals surface area contributed by atoms with Gasteiger partial charge in [-0.05, 0) is 5.92 Å². The number of amides is 3. The summed E-state index contributed by atoms with van der Waals surface area (Å²) in [5.74, 6) is -3.81. The lowest BCUT2D eigenvalue weighted by Gasteiger charge is -2.22. The molecule has 0 rings (SSSR count). The zero-order chi connectivity index (χ0) is 15.9. The van der Waals surface area contributed by atoms with E-state index in [0.29, 0.717) is 0 Å². The molecular weight excluding hydrogens is 286 g/mol. The van der Waals surface area contributed by atoms with Gasteiger partial charge in [0.1, 0.15) is 12.1 Å². The number of aliphatic carboxylic acids is 1. The molecule has 0 saturated carbocycles. The molecule has 0 aromatic heterocycles. The average molecular weight is 305 g/mol. The van der Waals surface area contributed by atoms with Crippen LogP contribution >= 0.6 is 12.6 Å². The van der Waals surface area contributed by atoms with Gasteiger partial charge >= 0.3 is 5.97 Å². The molecule has 0 aromatic rings. The summed E-state index contributed by atoms with van der Waals surface area (Å²) in [6.45, 7) is 3.35. The minimum absolute atomic E-state index is 0.188. The van der Waals surface area contributed by atoms with Crippen molar-refractivity contribution in [2.45, 2.75) is 32.4 Å². The molecule has 0 saturated heterocycles. The van der Waals surface area contributed by atoms with Gasteiger partial charge in [-0.3, -0.25) is 19.2 Å². The first kappa shape index (κ1) is 18.2. The van der Waals surface area contributed by atoms with Crippen molar-refractivity contribution in [1.82, 2.24) is 10.6 Å². The van der Waals surface area contributed by atoms with Gasteiger partial charge in [0.25, 0.3) is 0 Å². The zero-order valence-corrected chi connectivity index (χ0v) is 12.1. The van der Waals surface area contributed by atoms with Gasteiger partial charge in [0.2, 0.25) is 17.7 Å². The van der Waals surface area contributed by atoms with Crippen molar-refractivity contribution >= 4 is 36.3 Å². The van der Waals surface area contributed by atoms with Crippen LogP contribution in [0.5, 0.6) is 0 Å². The highest BCUT2D eigenvalue weighted by molar-refractivity contribution is 7.81. The molecule has 0 bridgehead atoms. The van der Waals surface area contributed by atoms with Crippen molar-refractivity contribution in [3.8, 4) is 0 Å². The van der Waals surface area contributed by atoms with Crippen LogP contribution in [0, 0.1) is 5.92 Å². The van der Waals surface area contributed by atoms with Gasteiger partial charge in [0.05, 0.1) is 12.2 Å². The number of nitrogens with two attached hydrogens (primary N) is 1. The molecule has 9 heteroatoms. The van der Waals surface area contributed by atoms with Crippen LogP contribution in [0.4, 0.5) is 0 Å². The number of nitrogens with one attached hydrogen (secondary N) is 2. The Kier molecular flexibility index (Phi) is 7.67. The highest BCUT2D eigenvalue weighted by Gasteiger charge is 2.28. The van der Waals surface area contributed by atoms with Crippen LogP contribution in [-0.2, 0) is 19.2 Å². The largest absolute Gasteiger partial charge is 0.481 e. The number of rotatable bonds is 8. The quantitative estimate of drug-likeness (QED) is 0.347. The smallest absolute Gasteiger partial charge is 0.305 e. The number of carbonyl (C=O) groups excluding carboxylic acids is 3. The highest BCUT2D eigenvalue weighted by Crippen LogP contribution is 2.03. The Morgan fingerprint density at radius 3 is 2.10 bits per heavy atom. The number of hydrogen-bond acceptors (Lipinski definition) is 5. The lowest BCUT2D eigenvalue weighted by Crippen LogP contribution is -2.55. The predicted molar refractivity (Wildman–Crippen MR) is 74.0 cm³/mol. The van der Waals surface area contributed by atoms with Crippen LogP contribution in [0.1, 0.15) is 20.3 Å². The van der Waals surface area contributed by atoms with E-state index in [1.165, 1.54) is 0 Å². The summed E-state index contributed by atoms with van der Waals surface area (Å²) in [5, 5.41) is 13.3. The molecular formula is C11H19N3O5S. The third-order valence-corrected chi connectivity index (χ3v) is 2.73. The minimum Gasteiger partial charge on any atom is -0.481 e. The van der Waals surface area contributed by atoms with Gasteiger partial charge < -0.3 is 21.5 Å². The van der Waals surface area contributed by atoms with E-state index >= 15 is 0 Å². The predicted octanol–water partition coefficient (Wildman–Crippen LogP) is -1.50. The van der Waals surface area contributed by atoms with Gasteiger partial charge in [-0.15, -0.1) is 0 Å². The topological polar surface area (TPSA) is 139 Å². The second-order valence-corrected chi connectivity index (χ2v) is 4.82. The van der Waals surface area contributed by atoms with Crippen LogP contribution in [0.2, 0.25) is 0 Å². The molecule has 20 heavy (non-hydrogen) atoms. The second-order valence-electron chi connectivity index (χ2n) is 4.51. The summed E-state index contributed by atoms with van der Waals surface area (Å²) in [7, 11) is 0. The molecule has 0 unspecified atom stereocenters. The van der Waals surface area contributed by atoms with Crippen LogP contribution in [0.15, 0.2) is 0 Å². The fraction of sp³-hybridized carbons (Fsp3) is 0.636. The van der Waals surface area contributed by atoms with Crippen molar-refractivity contribution in [3.05, 3.63) is 0 Å². The van der Waals surface area contributed by atoms with Crippen molar-refractivity contribution in [2.75, 3.05) is 5.75 Å². The Balaban J connectivity index is 4.88. The number of carboxylic acids is 1. The Morgan fingerprint density at radius 1 is 1.20 bits per heavy atom. The summed E-state index contributed by atoms with van der Waals surface area (Å²) in [6, 6.07) is -2.22. The van der Waals surface area contributed by atoms with Crippen LogP contribution < -0.4 is 16.4 Å². The van der Waals surface area contributed by atoms with Gasteiger partial charge in [-0.1, -0.05) is 13.8 Å². The van der Waals surface area contributed by atoms with Crippen LogP contribution in [-0.4, -0.2) is 46.6 Å². The minimum atomic E-state index is -1.28. The van der Waals surface area contributed by atoms with Gasteiger partial charge in [-0.2, -0.15) is 12.6 Å². The van der Waals surface area contributed by atoms with Crippen molar-refractivity contribution in [3.63, 3.8) is 0 Å². The normalized spacial score (nSPS) is 13.4. The summed E-state index contributed by atoms with van der Waals surface area (Å²) >= 11 is 3.72. The molecule has 0 aromatic carbocycles. The van der Waals surface area contributed by atoms with Gasteiger partial charge in [0.15, 0.2) is 0 Å². The molecule has 0 spiro atoms. The van der Waals surface area contributed by atoms with Crippen LogP contribution in [0.25, 0.3) is 0 Å². The van der Waals surface area contributed by atoms with E-state index < -0.39 is 42.2 Å². The molecule has 5 N–H and O–H groups in total. The van der Waals surface area contributed by atoms with Crippen molar-refractivity contribution in [1.29, 1.82) is 0 Å². The number of hydrogen-bond donors (Lipinski definition) is 5. The van der Waals surface area contributed by atoms with Crippen LogP contribution in [0.3, 0.4) is 0 Å². The van der Waals surface area contributed by atoms with E-state index in [4.69, 9.17) is 10.8 Å². The molecule has 0 aliphatic rings. The molecule has 0 radical (unpaired) electrons. The standard InChI is InChI=1S/C11H19N3O5S/c1-5(2)9(10(12)18)14-11(19)6(3-8(16)17)13-7(15)4-20/h5-6,9,20H,3-4H2,1-2H3,(H2,12,18)(H,13,15)(H,14,19)(H,16,17)/t6-,9-/m0/s1. The summed E-state index contributed by atoms with van der Waals surface area (Å²) < 4.78 is 0. The summed E-state index contributed by atoms with van der Waals surface area (Å²) in [4.78, 5) is 45.0. The molecule has 0 aliphatic carbocycles. The van der Waals surface area contributed by atoms with E-state index in [1.54, 1.807) is 13.8 Å². The maximum Gasteiger partial charge on any atom is 0.305 e. The lowest BCUT2D eigenvalue weighted by molar-refractivity contribution is -0.140. The molecule has 3 amide bonds. The first-order valence-electron chi connectivity index (χ1n) is 5.90. The maximum atomic E-state index is 11.9. The molecule has 0 heterocycles. The summed E-state index contributed by atoms with van der Waals surface area (Å²) in [5.41, 5.74) is 5.15. The number of carbonyl (C=O) groups is 4. The Hall–Kier alpha value is -1.77. The lowest BCUT2D eigenvalue weighted by atomic mass is 10.0. The van der Waals surface area contributed by atoms with E-state index in [-0.39, 0.29) is 11.7 Å². The van der Waals surface area contributed by atoms with E-state index in [1.807, 2.05) is 0 Å². The first-order chi connectivity index (χ1) is 9.18. The Morgan fingerprint density at radius 2 is 1.75 bits per heavy atom. The summed E-state index contributed by atoms with van der Waals surface area (Å²) in [6.07, 6.45) is -0.602. The Bertz CT molecular complexity index is 400. The zero-order valence-electron chi connectivity index (χ0n) is 11.3. The molecule has 2 atom stereocenters. The second kappa shape index (κ2) is 8.41. The third-order valence-electron chi connectivity index (χ3n) is 2.45. The number of thiol groups is 1. The first-order valence-corrected chi connectivity index (χ1v) is 6.54. The monoisotopic (exact) mass is 305 g/mol. The van der Waals surface area contributed by atoms with Crippen molar-refractivity contribution in [2.24, 2.45) is 11.7 Å². The Labute approximate surface area is 121 Å². The molecule has 0 fully saturated rings. The van der Waals surface area contributed by atoms with E-state index in [9.17, 15) is 19.2 Å². The highest BCUT2D eigenvalue weighted by atomic mass is 32.1. The van der Waals surface area contributed by atoms with Gasteiger partial charge in [-0.25, -0.2) is 0 Å². The average Bonchev–Trinajstić information content (AvgIpc) is 2.33. The van der Waals surface area contributed by atoms with E-state index in [0.717, 1.165) is 0 Å². The number of primary amides is 1. The fourth-order valence-corrected chi connectivity index (χ4v) is 1.54.